The van der Waals surface area contributed by atoms with Crippen LogP contribution >= 0.6 is 0 Å². The summed E-state index contributed by atoms with van der Waals surface area (Å²) >= 11 is 0. The smallest absolute Gasteiger partial charge is 0.256 e. The maximum Gasteiger partial charge on any atom is 0.256 e. The topological polar surface area (TPSA) is 96.5 Å². The summed E-state index contributed by atoms with van der Waals surface area (Å²) in [6.07, 6.45) is 4.85. The van der Waals surface area contributed by atoms with Crippen LogP contribution in [0.3, 0.4) is 0 Å². The Balaban J connectivity index is 1.56. The van der Waals surface area contributed by atoms with Gasteiger partial charge in [0.05, 0.1) is 16.9 Å². The van der Waals surface area contributed by atoms with Crippen molar-refractivity contribution in [1.82, 2.24) is 25.1 Å². The van der Waals surface area contributed by atoms with Gasteiger partial charge in [-0.15, -0.1) is 0 Å². The standard InChI is InChI=1S/C17H12N6O/c24-17(11-4-5-13-12(7-11)9-18-10-20-13)21-16-8-15(22-23-16)14-3-1-2-6-19-14/h1-10H,(H2,21,22,23,24). The minimum atomic E-state index is -0.250. The van der Waals surface area contributed by atoms with Crippen LogP contribution in [0.4, 0.5) is 5.82 Å². The summed E-state index contributed by atoms with van der Waals surface area (Å²) in [6, 6.07) is 12.6. The molecular weight excluding hydrogens is 304 g/mol. The van der Waals surface area contributed by atoms with Crippen molar-refractivity contribution in [2.75, 3.05) is 5.32 Å². The molecule has 0 fully saturated rings. The Morgan fingerprint density at radius 1 is 1.08 bits per heavy atom. The molecule has 2 N–H and O–H groups in total. The van der Waals surface area contributed by atoms with Crippen LogP contribution in [0, 0.1) is 0 Å². The number of H-pyrrole nitrogens is 1. The molecule has 0 saturated carbocycles. The van der Waals surface area contributed by atoms with Crippen molar-refractivity contribution in [1.29, 1.82) is 0 Å². The van der Waals surface area contributed by atoms with Crippen molar-refractivity contribution in [3.63, 3.8) is 0 Å². The van der Waals surface area contributed by atoms with Gasteiger partial charge in [0.2, 0.25) is 0 Å². The maximum atomic E-state index is 12.4. The Labute approximate surface area is 136 Å². The summed E-state index contributed by atoms with van der Waals surface area (Å²) in [5.74, 6) is 0.185. The largest absolute Gasteiger partial charge is 0.305 e. The number of nitrogens with one attached hydrogen (secondary N) is 2. The maximum absolute atomic E-state index is 12.4. The highest BCUT2D eigenvalue weighted by atomic mass is 16.1. The quantitative estimate of drug-likeness (QED) is 0.605. The minimum Gasteiger partial charge on any atom is -0.305 e. The Morgan fingerprint density at radius 2 is 2.04 bits per heavy atom. The third-order valence-electron chi connectivity index (χ3n) is 3.53. The predicted octanol–water partition coefficient (Wildman–Crippen LogP) is 2.67. The van der Waals surface area contributed by atoms with Gasteiger partial charge in [0.1, 0.15) is 6.33 Å². The van der Waals surface area contributed by atoms with Gasteiger partial charge in [-0.25, -0.2) is 9.97 Å². The van der Waals surface area contributed by atoms with Crippen molar-refractivity contribution in [2.45, 2.75) is 0 Å². The number of aromatic nitrogens is 5. The van der Waals surface area contributed by atoms with E-state index in [9.17, 15) is 4.79 Å². The SMILES string of the molecule is O=C(Nc1cc(-c2ccccn2)[nH]n1)c1ccc2ncncc2c1. The molecule has 3 heterocycles. The average molecular weight is 316 g/mol. The van der Waals surface area contributed by atoms with E-state index in [0.717, 1.165) is 22.3 Å². The van der Waals surface area contributed by atoms with Crippen LogP contribution in [0.1, 0.15) is 10.4 Å². The van der Waals surface area contributed by atoms with E-state index < -0.39 is 0 Å². The van der Waals surface area contributed by atoms with E-state index in [-0.39, 0.29) is 5.91 Å². The van der Waals surface area contributed by atoms with Crippen LogP contribution in [-0.2, 0) is 0 Å². The highest BCUT2D eigenvalue weighted by Gasteiger charge is 2.10. The van der Waals surface area contributed by atoms with Gasteiger partial charge in [-0.3, -0.25) is 14.9 Å². The van der Waals surface area contributed by atoms with Gasteiger partial charge in [0.15, 0.2) is 5.82 Å². The van der Waals surface area contributed by atoms with Crippen molar-refractivity contribution < 1.29 is 4.79 Å². The van der Waals surface area contributed by atoms with Gasteiger partial charge < -0.3 is 5.32 Å². The number of amides is 1. The van der Waals surface area contributed by atoms with E-state index in [1.54, 1.807) is 36.7 Å². The first-order valence-electron chi connectivity index (χ1n) is 7.27. The monoisotopic (exact) mass is 316 g/mol. The molecule has 4 aromatic rings. The zero-order chi connectivity index (χ0) is 16.4. The summed E-state index contributed by atoms with van der Waals surface area (Å²) in [7, 11) is 0. The number of carbonyl (C=O) groups is 1. The lowest BCUT2D eigenvalue weighted by molar-refractivity contribution is 0.102. The summed E-state index contributed by atoms with van der Waals surface area (Å²) in [5.41, 5.74) is 2.80. The number of hydrogen-bond donors (Lipinski definition) is 2. The molecule has 0 unspecified atom stereocenters. The molecule has 0 atom stereocenters. The van der Waals surface area contributed by atoms with Crippen LogP contribution in [0.25, 0.3) is 22.3 Å². The molecule has 4 rings (SSSR count). The molecule has 1 amide bonds. The van der Waals surface area contributed by atoms with Gasteiger partial charge in [-0.2, -0.15) is 5.10 Å². The fourth-order valence-electron chi connectivity index (χ4n) is 2.35. The van der Waals surface area contributed by atoms with Gasteiger partial charge >= 0.3 is 0 Å². The molecule has 7 nitrogen and oxygen atoms in total. The van der Waals surface area contributed by atoms with E-state index in [0.29, 0.717) is 11.4 Å². The number of nitrogens with zero attached hydrogens (tertiary/aromatic N) is 4. The van der Waals surface area contributed by atoms with Crippen LogP contribution < -0.4 is 5.32 Å². The third-order valence-corrected chi connectivity index (χ3v) is 3.53. The van der Waals surface area contributed by atoms with Crippen molar-refractivity contribution in [3.05, 3.63) is 66.7 Å². The molecule has 24 heavy (non-hydrogen) atoms. The van der Waals surface area contributed by atoms with Gasteiger partial charge in [-0.1, -0.05) is 6.07 Å². The second-order valence-electron chi connectivity index (χ2n) is 5.13. The molecule has 0 saturated heterocycles. The van der Waals surface area contributed by atoms with Crippen LogP contribution in [0.5, 0.6) is 0 Å². The summed E-state index contributed by atoms with van der Waals surface area (Å²) in [5, 5.41) is 10.5. The fraction of sp³-hybridized carbons (Fsp3) is 0. The van der Waals surface area contributed by atoms with E-state index in [4.69, 9.17) is 0 Å². The predicted molar refractivity (Wildman–Crippen MR) is 89.3 cm³/mol. The Bertz CT molecular complexity index is 1010. The molecule has 0 aliphatic carbocycles. The lowest BCUT2D eigenvalue weighted by Gasteiger charge is -2.03. The molecule has 0 bridgehead atoms. The highest BCUT2D eigenvalue weighted by molar-refractivity contribution is 6.05. The molecule has 3 aromatic heterocycles. The Kier molecular flexibility index (Phi) is 3.43. The number of aromatic amines is 1. The second kappa shape index (κ2) is 5.88. The number of hydrogen-bond acceptors (Lipinski definition) is 5. The lowest BCUT2D eigenvalue weighted by atomic mass is 10.1. The third kappa shape index (κ3) is 2.70. The average Bonchev–Trinajstić information content (AvgIpc) is 3.10. The van der Waals surface area contributed by atoms with E-state index in [1.807, 2.05) is 18.2 Å². The molecule has 0 aliphatic heterocycles. The fourth-order valence-corrected chi connectivity index (χ4v) is 2.35. The Hall–Kier alpha value is -3.61. The summed E-state index contributed by atoms with van der Waals surface area (Å²) < 4.78 is 0. The first-order chi connectivity index (χ1) is 11.8. The van der Waals surface area contributed by atoms with Crippen molar-refractivity contribution in [2.24, 2.45) is 0 Å². The number of rotatable bonds is 3. The molecule has 116 valence electrons. The van der Waals surface area contributed by atoms with Crippen LogP contribution in [-0.4, -0.2) is 31.1 Å². The van der Waals surface area contributed by atoms with Crippen LogP contribution in [0.15, 0.2) is 61.2 Å². The first-order valence-corrected chi connectivity index (χ1v) is 7.27. The lowest BCUT2D eigenvalue weighted by Crippen LogP contribution is -2.12. The number of benzene rings is 1. The zero-order valence-corrected chi connectivity index (χ0v) is 12.5. The number of pyridine rings is 1. The van der Waals surface area contributed by atoms with Gasteiger partial charge in [0.25, 0.3) is 5.91 Å². The van der Waals surface area contributed by atoms with Crippen molar-refractivity contribution >= 4 is 22.6 Å². The normalized spacial score (nSPS) is 10.7. The van der Waals surface area contributed by atoms with Crippen LogP contribution in [0.2, 0.25) is 0 Å². The van der Waals surface area contributed by atoms with Gasteiger partial charge in [0, 0.05) is 29.4 Å². The molecule has 0 aliphatic rings. The van der Waals surface area contributed by atoms with E-state index in [2.05, 4.69) is 30.5 Å². The molecule has 0 spiro atoms. The summed E-state index contributed by atoms with van der Waals surface area (Å²) in [4.78, 5) is 24.7. The highest BCUT2D eigenvalue weighted by Crippen LogP contribution is 2.18. The zero-order valence-electron chi connectivity index (χ0n) is 12.5. The number of anilines is 1. The number of fused-ring (bicyclic) bond motifs is 1. The Morgan fingerprint density at radius 3 is 2.92 bits per heavy atom. The molecular formula is C17H12N6O. The van der Waals surface area contributed by atoms with E-state index in [1.165, 1.54) is 6.33 Å². The molecule has 7 heteroatoms. The van der Waals surface area contributed by atoms with Gasteiger partial charge in [-0.05, 0) is 30.3 Å². The number of carbonyl (C=O) groups excluding carboxylic acids is 1. The first kappa shape index (κ1) is 14.0. The minimum absolute atomic E-state index is 0.250. The molecule has 0 radical (unpaired) electrons. The van der Waals surface area contributed by atoms with Crippen molar-refractivity contribution in [3.8, 4) is 11.4 Å². The van der Waals surface area contributed by atoms with E-state index >= 15 is 0 Å². The summed E-state index contributed by atoms with van der Waals surface area (Å²) in [6.45, 7) is 0. The molecule has 1 aromatic carbocycles. The second-order valence-corrected chi connectivity index (χ2v) is 5.13.